The lowest BCUT2D eigenvalue weighted by Crippen LogP contribution is -2.45. The molecular formula is C18H31Cl2N5O. The summed E-state index contributed by atoms with van der Waals surface area (Å²) in [6.07, 6.45) is 3.76. The summed E-state index contributed by atoms with van der Waals surface area (Å²) >= 11 is 0. The number of rotatable bonds is 3. The van der Waals surface area contributed by atoms with Gasteiger partial charge in [0.2, 0.25) is 0 Å². The van der Waals surface area contributed by atoms with Crippen molar-refractivity contribution >= 4 is 36.5 Å². The van der Waals surface area contributed by atoms with Gasteiger partial charge in [-0.25, -0.2) is 4.98 Å². The Morgan fingerprint density at radius 2 is 1.77 bits per heavy atom. The van der Waals surface area contributed by atoms with Gasteiger partial charge >= 0.3 is 0 Å². The number of nitrogens with zero attached hydrogens (tertiary/aromatic N) is 4. The first-order valence-corrected chi connectivity index (χ1v) is 8.99. The van der Waals surface area contributed by atoms with Crippen molar-refractivity contribution < 1.29 is 4.79 Å². The molecule has 1 amide bonds. The van der Waals surface area contributed by atoms with Crippen molar-refractivity contribution in [1.29, 1.82) is 0 Å². The topological polar surface area (TPSA) is 65.7 Å². The molecule has 0 radical (unpaired) electrons. The predicted molar refractivity (Wildman–Crippen MR) is 111 cm³/mol. The van der Waals surface area contributed by atoms with Gasteiger partial charge in [0, 0.05) is 57.1 Å². The van der Waals surface area contributed by atoms with Gasteiger partial charge in [-0.05, 0) is 44.9 Å². The van der Waals surface area contributed by atoms with Crippen LogP contribution in [0, 0.1) is 5.92 Å². The Hall–Kier alpha value is -1.08. The third-order valence-corrected chi connectivity index (χ3v) is 5.39. The fraction of sp³-hybridized carbons (Fsp3) is 0.667. The molecule has 2 fully saturated rings. The van der Waals surface area contributed by atoms with Crippen molar-refractivity contribution in [3.05, 3.63) is 23.9 Å². The molecule has 1 unspecified atom stereocenters. The molecule has 0 bridgehead atoms. The SMILES string of the molecule is CC(N)C1CCN(C(=O)c2ccnc(N3CCN(C)CC3)c2)CC1.Cl.Cl. The van der Waals surface area contributed by atoms with E-state index in [9.17, 15) is 4.79 Å². The maximum absolute atomic E-state index is 12.8. The minimum atomic E-state index is 0. The number of amides is 1. The number of carbonyl (C=O) groups excluding carboxylic acids is 1. The van der Waals surface area contributed by atoms with E-state index in [0.717, 1.165) is 63.5 Å². The molecule has 0 aromatic carbocycles. The minimum absolute atomic E-state index is 0. The molecular weight excluding hydrogens is 373 g/mol. The van der Waals surface area contributed by atoms with Crippen molar-refractivity contribution in [2.75, 3.05) is 51.2 Å². The predicted octanol–water partition coefficient (Wildman–Crippen LogP) is 1.88. The fourth-order valence-electron chi connectivity index (χ4n) is 3.57. The molecule has 0 spiro atoms. The first-order chi connectivity index (χ1) is 11.5. The van der Waals surface area contributed by atoms with Gasteiger partial charge in [0.05, 0.1) is 0 Å². The van der Waals surface area contributed by atoms with Crippen molar-refractivity contribution in [1.82, 2.24) is 14.8 Å². The van der Waals surface area contributed by atoms with Crippen LogP contribution in [0.5, 0.6) is 0 Å². The zero-order chi connectivity index (χ0) is 17.1. The lowest BCUT2D eigenvalue weighted by atomic mass is 9.91. The number of piperidine rings is 1. The molecule has 1 aromatic heterocycles. The van der Waals surface area contributed by atoms with Crippen molar-refractivity contribution in [3.8, 4) is 0 Å². The average Bonchev–Trinajstić information content (AvgIpc) is 2.62. The van der Waals surface area contributed by atoms with Crippen LogP contribution < -0.4 is 10.6 Å². The Bertz CT molecular complexity index is 570. The van der Waals surface area contributed by atoms with Gasteiger partial charge in [-0.3, -0.25) is 4.79 Å². The zero-order valence-corrected chi connectivity index (χ0v) is 17.3. The van der Waals surface area contributed by atoms with E-state index in [0.29, 0.717) is 5.92 Å². The first-order valence-electron chi connectivity index (χ1n) is 8.99. The molecule has 2 saturated heterocycles. The van der Waals surface area contributed by atoms with Crippen LogP contribution in [0.25, 0.3) is 0 Å². The van der Waals surface area contributed by atoms with Gasteiger partial charge in [0.1, 0.15) is 5.82 Å². The highest BCUT2D eigenvalue weighted by molar-refractivity contribution is 5.95. The molecule has 2 aliphatic rings. The summed E-state index contributed by atoms with van der Waals surface area (Å²) in [5, 5.41) is 0. The molecule has 2 aliphatic heterocycles. The number of carbonyl (C=O) groups is 1. The maximum atomic E-state index is 12.8. The Morgan fingerprint density at radius 1 is 1.15 bits per heavy atom. The number of pyridine rings is 1. The van der Waals surface area contributed by atoms with E-state index in [2.05, 4.69) is 28.8 Å². The lowest BCUT2D eigenvalue weighted by molar-refractivity contribution is 0.0681. The second-order valence-electron chi connectivity index (χ2n) is 7.18. The van der Waals surface area contributed by atoms with Crippen LogP contribution in [0.2, 0.25) is 0 Å². The number of hydrogen-bond acceptors (Lipinski definition) is 5. The first kappa shape index (κ1) is 23.0. The molecule has 3 rings (SSSR count). The number of nitrogens with two attached hydrogens (primary N) is 1. The highest BCUT2D eigenvalue weighted by Gasteiger charge is 2.26. The van der Waals surface area contributed by atoms with E-state index in [1.54, 1.807) is 6.20 Å². The average molecular weight is 404 g/mol. The quantitative estimate of drug-likeness (QED) is 0.834. The molecule has 6 nitrogen and oxygen atoms in total. The van der Waals surface area contributed by atoms with Crippen molar-refractivity contribution in [3.63, 3.8) is 0 Å². The monoisotopic (exact) mass is 403 g/mol. The Morgan fingerprint density at radius 3 is 2.35 bits per heavy atom. The number of anilines is 1. The van der Waals surface area contributed by atoms with Gasteiger partial charge in [-0.2, -0.15) is 0 Å². The van der Waals surface area contributed by atoms with Crippen LogP contribution in [0.3, 0.4) is 0 Å². The molecule has 0 saturated carbocycles. The van der Waals surface area contributed by atoms with Gasteiger partial charge in [-0.1, -0.05) is 0 Å². The van der Waals surface area contributed by atoms with E-state index in [4.69, 9.17) is 5.73 Å². The molecule has 26 heavy (non-hydrogen) atoms. The van der Waals surface area contributed by atoms with Gasteiger partial charge in [0.15, 0.2) is 0 Å². The Labute approximate surface area is 168 Å². The van der Waals surface area contributed by atoms with E-state index in [-0.39, 0.29) is 36.8 Å². The third kappa shape index (κ3) is 5.46. The number of hydrogen-bond donors (Lipinski definition) is 1. The molecule has 2 N–H and O–H groups in total. The summed E-state index contributed by atoms with van der Waals surface area (Å²) in [6.45, 7) is 7.65. The Balaban J connectivity index is 0.00000169. The summed E-state index contributed by atoms with van der Waals surface area (Å²) in [7, 11) is 2.14. The van der Waals surface area contributed by atoms with E-state index in [1.807, 2.05) is 17.0 Å². The highest BCUT2D eigenvalue weighted by atomic mass is 35.5. The zero-order valence-electron chi connectivity index (χ0n) is 15.6. The number of piperazine rings is 1. The summed E-state index contributed by atoms with van der Waals surface area (Å²) in [5.41, 5.74) is 6.74. The van der Waals surface area contributed by atoms with Gasteiger partial charge < -0.3 is 20.4 Å². The molecule has 1 atom stereocenters. The maximum Gasteiger partial charge on any atom is 0.254 e. The molecule has 3 heterocycles. The number of halogens is 2. The van der Waals surface area contributed by atoms with Gasteiger partial charge in [-0.15, -0.1) is 24.8 Å². The molecule has 0 aliphatic carbocycles. The molecule has 1 aromatic rings. The van der Waals surface area contributed by atoms with Crippen LogP contribution in [0.1, 0.15) is 30.1 Å². The fourth-order valence-corrected chi connectivity index (χ4v) is 3.57. The minimum Gasteiger partial charge on any atom is -0.354 e. The smallest absolute Gasteiger partial charge is 0.254 e. The number of likely N-dealkylation sites (N-methyl/N-ethyl adjacent to an activating group) is 1. The molecule has 148 valence electrons. The van der Waals surface area contributed by atoms with Crippen molar-refractivity contribution in [2.45, 2.75) is 25.8 Å². The van der Waals surface area contributed by atoms with E-state index in [1.165, 1.54) is 0 Å². The van der Waals surface area contributed by atoms with Crippen LogP contribution in [0.15, 0.2) is 18.3 Å². The van der Waals surface area contributed by atoms with Crippen LogP contribution in [0.4, 0.5) is 5.82 Å². The standard InChI is InChI=1S/C18H29N5O.2ClH/c1-14(19)15-4-7-23(8-5-15)18(24)16-3-6-20-17(13-16)22-11-9-21(2)10-12-22;;/h3,6,13-15H,4-5,7-12,19H2,1-2H3;2*1H. The van der Waals surface area contributed by atoms with Crippen LogP contribution in [-0.2, 0) is 0 Å². The largest absolute Gasteiger partial charge is 0.354 e. The second kappa shape index (κ2) is 10.3. The van der Waals surface area contributed by atoms with Crippen molar-refractivity contribution in [2.24, 2.45) is 11.7 Å². The summed E-state index contributed by atoms with van der Waals surface area (Å²) in [4.78, 5) is 23.8. The third-order valence-electron chi connectivity index (χ3n) is 5.39. The second-order valence-corrected chi connectivity index (χ2v) is 7.18. The summed E-state index contributed by atoms with van der Waals surface area (Å²) in [5.74, 6) is 1.57. The van der Waals surface area contributed by atoms with Crippen LogP contribution >= 0.6 is 24.8 Å². The number of likely N-dealkylation sites (tertiary alicyclic amines) is 1. The normalized spacial score (nSPS) is 20.1. The van der Waals surface area contributed by atoms with Crippen LogP contribution in [-0.4, -0.2) is 73.0 Å². The highest BCUT2D eigenvalue weighted by Crippen LogP contribution is 2.22. The van der Waals surface area contributed by atoms with E-state index < -0.39 is 0 Å². The number of aromatic nitrogens is 1. The van der Waals surface area contributed by atoms with Gasteiger partial charge in [0.25, 0.3) is 5.91 Å². The lowest BCUT2D eigenvalue weighted by Gasteiger charge is -2.34. The Kier molecular flexibility index (Phi) is 9.10. The summed E-state index contributed by atoms with van der Waals surface area (Å²) in [6, 6.07) is 4.00. The van der Waals surface area contributed by atoms with E-state index >= 15 is 0 Å². The molecule has 8 heteroatoms. The summed E-state index contributed by atoms with van der Waals surface area (Å²) < 4.78 is 0.